The highest BCUT2D eigenvalue weighted by Crippen LogP contribution is 2.48. The van der Waals surface area contributed by atoms with Gasteiger partial charge >= 0.3 is 0 Å². The number of rotatable bonds is 9. The van der Waals surface area contributed by atoms with Gasteiger partial charge in [-0.15, -0.1) is 0 Å². The molecule has 1 saturated carbocycles. The fraction of sp³-hybridized carbons (Fsp3) is 0.476. The number of imidazole rings is 1. The zero-order valence-electron chi connectivity index (χ0n) is 18.1. The molecule has 1 aromatic heterocycles. The van der Waals surface area contributed by atoms with E-state index in [2.05, 4.69) is 20.6 Å². The summed E-state index contributed by atoms with van der Waals surface area (Å²) in [7, 11) is -3.71. The molecule has 1 aliphatic carbocycles. The summed E-state index contributed by atoms with van der Waals surface area (Å²) < 4.78 is 23.6. The number of benzene rings is 1. The normalized spacial score (nSPS) is 16.3. The molecule has 2 aromatic rings. The van der Waals surface area contributed by atoms with Gasteiger partial charge in [0, 0.05) is 18.1 Å². The van der Waals surface area contributed by atoms with Crippen LogP contribution in [0.15, 0.2) is 30.5 Å². The number of carbonyl (C=O) groups is 2. The van der Waals surface area contributed by atoms with Crippen molar-refractivity contribution in [3.63, 3.8) is 0 Å². The Morgan fingerprint density at radius 1 is 1.22 bits per heavy atom. The summed E-state index contributed by atoms with van der Waals surface area (Å²) >= 11 is 5.84. The van der Waals surface area contributed by atoms with Crippen molar-refractivity contribution in [3.05, 3.63) is 52.6 Å². The summed E-state index contributed by atoms with van der Waals surface area (Å²) in [5.74, 6) is -1.09. The smallest absolute Gasteiger partial charge is 0.287 e. The van der Waals surface area contributed by atoms with Crippen LogP contribution in [0.5, 0.6) is 0 Å². The second kappa shape index (κ2) is 8.84. The minimum atomic E-state index is -3.71. The molecule has 32 heavy (non-hydrogen) atoms. The lowest BCUT2D eigenvalue weighted by molar-refractivity contribution is 0.0941. The van der Waals surface area contributed by atoms with Gasteiger partial charge in [0.15, 0.2) is 15.7 Å². The number of aromatic amines is 1. The minimum Gasteiger partial charge on any atom is -0.392 e. The van der Waals surface area contributed by atoms with Gasteiger partial charge in [0.25, 0.3) is 11.8 Å². The molecule has 2 amide bonds. The Bertz CT molecular complexity index is 1110. The number of amides is 2. The summed E-state index contributed by atoms with van der Waals surface area (Å²) in [5.41, 5.74) is 0.896. The first-order valence-electron chi connectivity index (χ1n) is 10.2. The lowest BCUT2D eigenvalue weighted by Crippen LogP contribution is -2.52. The van der Waals surface area contributed by atoms with Crippen LogP contribution in [0.1, 0.15) is 60.3 Å². The number of nitrogens with zero attached hydrogens (tertiary/aromatic N) is 1. The van der Waals surface area contributed by atoms with Crippen LogP contribution in [0.25, 0.3) is 0 Å². The van der Waals surface area contributed by atoms with Gasteiger partial charge in [-0.2, -0.15) is 0 Å². The van der Waals surface area contributed by atoms with E-state index < -0.39 is 37.2 Å². The first kappa shape index (κ1) is 24.2. The first-order valence-corrected chi connectivity index (χ1v) is 12.0. The largest absolute Gasteiger partial charge is 0.392 e. The number of H-pyrrole nitrogens is 1. The zero-order chi connectivity index (χ0) is 23.7. The molecular formula is C21H27ClN4O5S. The van der Waals surface area contributed by atoms with E-state index in [4.69, 9.17) is 11.6 Å². The highest BCUT2D eigenvalue weighted by Gasteiger charge is 2.60. The molecule has 1 fully saturated rings. The van der Waals surface area contributed by atoms with Crippen molar-refractivity contribution in [2.75, 3.05) is 6.54 Å². The fourth-order valence-corrected chi connectivity index (χ4v) is 5.81. The van der Waals surface area contributed by atoms with Crippen molar-refractivity contribution in [2.45, 2.75) is 55.8 Å². The molecule has 9 nitrogen and oxygen atoms in total. The molecule has 0 unspecified atom stereocenters. The van der Waals surface area contributed by atoms with Gasteiger partial charge in [-0.05, 0) is 51.3 Å². The third-order valence-electron chi connectivity index (χ3n) is 6.05. The van der Waals surface area contributed by atoms with Crippen molar-refractivity contribution in [3.8, 4) is 0 Å². The molecule has 0 saturated heterocycles. The number of sulfone groups is 1. The van der Waals surface area contributed by atoms with Crippen molar-refractivity contribution in [1.29, 1.82) is 0 Å². The van der Waals surface area contributed by atoms with E-state index in [1.54, 1.807) is 24.3 Å². The molecule has 174 valence electrons. The molecule has 0 radical (unpaired) electrons. The third kappa shape index (κ3) is 4.67. The standard InChI is InChI=1S/C21H27ClN4O5S/c1-13(27)20(2,3)32(30,31)21(8-9-21)12-25-18(28)16-11-23-17(26-16)19(29)24-10-14-4-6-15(22)7-5-14/h4-7,11,13,27H,8-10,12H2,1-3H3,(H,23,26)(H,24,29)(H,25,28)/t13-/m0/s1. The Labute approximate surface area is 191 Å². The van der Waals surface area contributed by atoms with Crippen LogP contribution in [0.4, 0.5) is 0 Å². The van der Waals surface area contributed by atoms with Gasteiger partial charge in [0.1, 0.15) is 5.69 Å². The summed E-state index contributed by atoms with van der Waals surface area (Å²) in [6, 6.07) is 7.00. The Balaban J connectivity index is 1.59. The van der Waals surface area contributed by atoms with Crippen LogP contribution in [0.2, 0.25) is 5.02 Å². The van der Waals surface area contributed by atoms with Crippen LogP contribution in [0, 0.1) is 0 Å². The number of aliphatic hydroxyl groups is 1. The van der Waals surface area contributed by atoms with Gasteiger partial charge in [-0.3, -0.25) is 9.59 Å². The van der Waals surface area contributed by atoms with Gasteiger partial charge in [-0.1, -0.05) is 23.7 Å². The highest BCUT2D eigenvalue weighted by molar-refractivity contribution is 7.94. The van der Waals surface area contributed by atoms with Crippen molar-refractivity contribution < 1.29 is 23.1 Å². The number of aromatic nitrogens is 2. The maximum atomic E-state index is 13.0. The van der Waals surface area contributed by atoms with Crippen molar-refractivity contribution in [2.24, 2.45) is 0 Å². The lowest BCUT2D eigenvalue weighted by atomic mass is 10.1. The fourth-order valence-electron chi connectivity index (χ4n) is 3.22. The predicted molar refractivity (Wildman–Crippen MR) is 120 cm³/mol. The molecule has 0 aliphatic heterocycles. The van der Waals surface area contributed by atoms with Crippen LogP contribution >= 0.6 is 11.6 Å². The summed E-state index contributed by atoms with van der Waals surface area (Å²) in [6.07, 6.45) is 0.989. The van der Waals surface area contributed by atoms with Crippen LogP contribution < -0.4 is 10.6 Å². The molecule has 1 aromatic carbocycles. The van der Waals surface area contributed by atoms with E-state index in [1.807, 2.05) is 0 Å². The van der Waals surface area contributed by atoms with Gasteiger partial charge < -0.3 is 20.7 Å². The van der Waals surface area contributed by atoms with Crippen molar-refractivity contribution >= 4 is 33.3 Å². The topological polar surface area (TPSA) is 141 Å². The van der Waals surface area contributed by atoms with Crippen molar-refractivity contribution in [1.82, 2.24) is 20.6 Å². The summed E-state index contributed by atoms with van der Waals surface area (Å²) in [4.78, 5) is 31.4. The quantitative estimate of drug-likeness (QED) is 0.429. The number of hydrogen-bond acceptors (Lipinski definition) is 6. The Morgan fingerprint density at radius 3 is 2.41 bits per heavy atom. The highest BCUT2D eigenvalue weighted by atomic mass is 35.5. The SMILES string of the molecule is C[C@H](O)C(C)(C)S(=O)(=O)C1(CNC(=O)c2cnc(C(=O)NCc3ccc(Cl)cc3)[nH]2)CC1. The number of halogens is 1. The Hall–Kier alpha value is -2.43. The zero-order valence-corrected chi connectivity index (χ0v) is 19.7. The molecule has 11 heteroatoms. The maximum absolute atomic E-state index is 13.0. The first-order chi connectivity index (χ1) is 14.9. The predicted octanol–water partition coefficient (Wildman–Crippen LogP) is 1.83. The second-order valence-corrected chi connectivity index (χ2v) is 12.0. The average Bonchev–Trinajstić information content (AvgIpc) is 3.39. The molecule has 0 spiro atoms. The van der Waals surface area contributed by atoms with Gasteiger partial charge in [-0.25, -0.2) is 13.4 Å². The summed E-state index contributed by atoms with van der Waals surface area (Å²) in [5, 5.41) is 15.8. The van der Waals surface area contributed by atoms with E-state index in [0.29, 0.717) is 17.9 Å². The average molecular weight is 483 g/mol. The van der Waals surface area contributed by atoms with E-state index in [9.17, 15) is 23.1 Å². The maximum Gasteiger partial charge on any atom is 0.287 e. The second-order valence-electron chi connectivity index (χ2n) is 8.60. The molecule has 1 aliphatic rings. The number of nitrogens with one attached hydrogen (secondary N) is 3. The van der Waals surface area contributed by atoms with Crippen LogP contribution in [-0.2, 0) is 16.4 Å². The molecular weight excluding hydrogens is 456 g/mol. The van der Waals surface area contributed by atoms with E-state index >= 15 is 0 Å². The van der Waals surface area contributed by atoms with Gasteiger partial charge in [0.05, 0.1) is 21.8 Å². The van der Waals surface area contributed by atoms with Crippen LogP contribution in [-0.4, -0.2) is 57.4 Å². The third-order valence-corrected chi connectivity index (χ3v) is 9.72. The number of aliphatic hydroxyl groups excluding tert-OH is 1. The Morgan fingerprint density at radius 2 is 1.84 bits per heavy atom. The molecule has 3 rings (SSSR count). The monoisotopic (exact) mass is 482 g/mol. The molecule has 1 heterocycles. The van der Waals surface area contributed by atoms with E-state index in [-0.39, 0.29) is 24.6 Å². The molecule has 0 bridgehead atoms. The minimum absolute atomic E-state index is 0.0342. The van der Waals surface area contributed by atoms with E-state index in [1.165, 1.54) is 27.0 Å². The van der Waals surface area contributed by atoms with E-state index in [0.717, 1.165) is 5.56 Å². The Kier molecular flexibility index (Phi) is 6.69. The van der Waals surface area contributed by atoms with Gasteiger partial charge in [0.2, 0.25) is 0 Å². The molecule has 4 N–H and O–H groups in total. The summed E-state index contributed by atoms with van der Waals surface area (Å²) in [6.45, 7) is 4.59. The number of carbonyl (C=O) groups excluding carboxylic acids is 2. The van der Waals surface area contributed by atoms with Crippen LogP contribution in [0.3, 0.4) is 0 Å². The molecule has 1 atom stereocenters. The lowest BCUT2D eigenvalue weighted by Gasteiger charge is -2.32. The number of hydrogen-bond donors (Lipinski definition) is 4.